The predicted molar refractivity (Wildman–Crippen MR) is 29.7 cm³/mol. The van der Waals surface area contributed by atoms with Crippen molar-refractivity contribution >= 4 is 0 Å². The molecule has 0 spiro atoms. The van der Waals surface area contributed by atoms with Gasteiger partial charge in [-0.1, -0.05) is 6.08 Å². The van der Waals surface area contributed by atoms with Crippen molar-refractivity contribution in [3.63, 3.8) is 0 Å². The fourth-order valence-corrected chi connectivity index (χ4v) is 0.669. The Hall–Kier alpha value is -0.500. The summed E-state index contributed by atoms with van der Waals surface area (Å²) in [6.07, 6.45) is 5.14. The zero-order valence-electron chi connectivity index (χ0n) is 4.22. The van der Waals surface area contributed by atoms with E-state index in [2.05, 4.69) is 11.4 Å². The van der Waals surface area contributed by atoms with Crippen molar-refractivity contribution in [2.24, 2.45) is 5.73 Å². The smallest absolute Gasteiger partial charge is 0.0413 e. The van der Waals surface area contributed by atoms with E-state index in [-0.39, 0.29) is 0 Å². The van der Waals surface area contributed by atoms with Crippen LogP contribution in [-0.2, 0) is 0 Å². The average Bonchev–Trinajstić information content (AvgIpc) is 2.14. The molecule has 0 aromatic heterocycles. The molecular weight excluding hydrogens is 88.1 g/mol. The number of nitrogens with two attached hydrogens (primary N) is 1. The number of hydrogen-bond acceptors (Lipinski definition) is 2. The van der Waals surface area contributed by atoms with Crippen molar-refractivity contribution in [3.05, 3.63) is 12.3 Å². The molecule has 2 heteroatoms. The van der Waals surface area contributed by atoms with Crippen molar-refractivity contribution in [3.8, 4) is 0 Å². The lowest BCUT2D eigenvalue weighted by atomic mass is 10.2. The monoisotopic (exact) mass is 98.1 g/mol. The van der Waals surface area contributed by atoms with Gasteiger partial charge in [0.25, 0.3) is 0 Å². The molecular formula is C5H10N2. The molecule has 0 aromatic carbocycles. The Kier molecular flexibility index (Phi) is 1.32. The molecule has 0 saturated carbocycles. The molecule has 0 bridgehead atoms. The van der Waals surface area contributed by atoms with E-state index in [1.165, 1.54) is 0 Å². The molecule has 40 valence electrons. The summed E-state index contributed by atoms with van der Waals surface area (Å²) in [7, 11) is 0. The third-order valence-corrected chi connectivity index (χ3v) is 1.15. The third kappa shape index (κ3) is 0.933. The Morgan fingerprint density at radius 2 is 2.71 bits per heavy atom. The summed E-state index contributed by atoms with van der Waals surface area (Å²) in [6.45, 7) is 0.743. The molecule has 0 unspecified atom stereocenters. The first-order valence-electron chi connectivity index (χ1n) is 2.54. The molecule has 0 aliphatic carbocycles. The standard InChI is InChI=1S/C5H10N2/c6-4-5-2-1-3-7-5/h1,3,5,7H,2,4,6H2/t5-/m0/s1. The molecule has 0 amide bonds. The molecule has 0 aromatic rings. The van der Waals surface area contributed by atoms with Gasteiger partial charge in [0.1, 0.15) is 0 Å². The number of hydrogen-bond donors (Lipinski definition) is 2. The lowest BCUT2D eigenvalue weighted by Gasteiger charge is -2.03. The first kappa shape index (κ1) is 4.65. The van der Waals surface area contributed by atoms with Gasteiger partial charge < -0.3 is 11.1 Å². The summed E-state index contributed by atoms with van der Waals surface area (Å²) in [5.74, 6) is 0. The minimum absolute atomic E-state index is 0.514. The van der Waals surface area contributed by atoms with Crippen molar-refractivity contribution in [2.75, 3.05) is 6.54 Å². The summed E-state index contributed by atoms with van der Waals surface area (Å²) in [4.78, 5) is 0. The van der Waals surface area contributed by atoms with Crippen LogP contribution in [0, 0.1) is 0 Å². The normalized spacial score (nSPS) is 27.9. The lowest BCUT2D eigenvalue weighted by molar-refractivity contribution is 0.638. The van der Waals surface area contributed by atoms with E-state index in [4.69, 9.17) is 5.73 Å². The maximum Gasteiger partial charge on any atom is 0.0413 e. The fraction of sp³-hybridized carbons (Fsp3) is 0.600. The Morgan fingerprint density at radius 3 is 3.00 bits per heavy atom. The lowest BCUT2D eigenvalue weighted by Crippen LogP contribution is -2.28. The van der Waals surface area contributed by atoms with Gasteiger partial charge >= 0.3 is 0 Å². The van der Waals surface area contributed by atoms with Gasteiger partial charge in [-0.25, -0.2) is 0 Å². The van der Waals surface area contributed by atoms with E-state index in [1.54, 1.807) is 0 Å². The van der Waals surface area contributed by atoms with Crippen LogP contribution in [0.5, 0.6) is 0 Å². The third-order valence-electron chi connectivity index (χ3n) is 1.15. The minimum atomic E-state index is 0.514. The summed E-state index contributed by atoms with van der Waals surface area (Å²) in [5.41, 5.74) is 5.33. The van der Waals surface area contributed by atoms with Gasteiger partial charge in [-0.15, -0.1) is 0 Å². The van der Waals surface area contributed by atoms with E-state index in [1.807, 2.05) is 6.20 Å². The molecule has 0 fully saturated rings. The van der Waals surface area contributed by atoms with Crippen LogP contribution in [-0.4, -0.2) is 12.6 Å². The van der Waals surface area contributed by atoms with Gasteiger partial charge in [-0.3, -0.25) is 0 Å². The number of rotatable bonds is 1. The van der Waals surface area contributed by atoms with Gasteiger partial charge in [-0.05, 0) is 12.6 Å². The van der Waals surface area contributed by atoms with Gasteiger partial charge in [0.15, 0.2) is 0 Å². The molecule has 1 aliphatic heterocycles. The van der Waals surface area contributed by atoms with E-state index in [0.717, 1.165) is 13.0 Å². The molecule has 2 nitrogen and oxygen atoms in total. The van der Waals surface area contributed by atoms with Gasteiger partial charge in [-0.2, -0.15) is 0 Å². The van der Waals surface area contributed by atoms with Crippen LogP contribution in [0.1, 0.15) is 6.42 Å². The second kappa shape index (κ2) is 1.98. The Balaban J connectivity index is 2.22. The minimum Gasteiger partial charge on any atom is -0.387 e. The first-order valence-corrected chi connectivity index (χ1v) is 2.54. The molecule has 0 radical (unpaired) electrons. The van der Waals surface area contributed by atoms with Gasteiger partial charge in [0.2, 0.25) is 0 Å². The summed E-state index contributed by atoms with van der Waals surface area (Å²) >= 11 is 0. The van der Waals surface area contributed by atoms with Crippen LogP contribution < -0.4 is 11.1 Å². The van der Waals surface area contributed by atoms with Crippen molar-refractivity contribution in [1.82, 2.24) is 5.32 Å². The van der Waals surface area contributed by atoms with Gasteiger partial charge in [0.05, 0.1) is 0 Å². The molecule has 7 heavy (non-hydrogen) atoms. The first-order chi connectivity index (χ1) is 3.43. The van der Waals surface area contributed by atoms with Crippen LogP contribution in [0.15, 0.2) is 12.3 Å². The van der Waals surface area contributed by atoms with Gasteiger partial charge in [0, 0.05) is 12.6 Å². The second-order valence-corrected chi connectivity index (χ2v) is 1.74. The Morgan fingerprint density at radius 1 is 1.86 bits per heavy atom. The molecule has 1 rings (SSSR count). The largest absolute Gasteiger partial charge is 0.387 e. The summed E-state index contributed by atoms with van der Waals surface area (Å²) < 4.78 is 0. The van der Waals surface area contributed by atoms with Crippen LogP contribution >= 0.6 is 0 Å². The average molecular weight is 98.1 g/mol. The highest BCUT2D eigenvalue weighted by Gasteiger charge is 2.03. The quantitative estimate of drug-likeness (QED) is 0.477. The fourth-order valence-electron chi connectivity index (χ4n) is 0.669. The van der Waals surface area contributed by atoms with Crippen molar-refractivity contribution < 1.29 is 0 Å². The van der Waals surface area contributed by atoms with Crippen molar-refractivity contribution in [2.45, 2.75) is 12.5 Å². The Labute approximate surface area is 43.4 Å². The van der Waals surface area contributed by atoms with E-state index in [9.17, 15) is 0 Å². The highest BCUT2D eigenvalue weighted by atomic mass is 14.9. The maximum absolute atomic E-state index is 5.33. The van der Waals surface area contributed by atoms with Crippen LogP contribution in [0.2, 0.25) is 0 Å². The summed E-state index contributed by atoms with van der Waals surface area (Å²) in [5, 5.41) is 3.10. The van der Waals surface area contributed by atoms with Crippen LogP contribution in [0.25, 0.3) is 0 Å². The highest BCUT2D eigenvalue weighted by Crippen LogP contribution is 1.96. The number of nitrogens with one attached hydrogen (secondary N) is 1. The maximum atomic E-state index is 5.33. The molecule has 1 aliphatic rings. The Bertz CT molecular complexity index is 70.1. The molecule has 1 atom stereocenters. The molecule has 1 heterocycles. The second-order valence-electron chi connectivity index (χ2n) is 1.74. The van der Waals surface area contributed by atoms with Crippen LogP contribution in [0.4, 0.5) is 0 Å². The van der Waals surface area contributed by atoms with E-state index < -0.39 is 0 Å². The zero-order valence-corrected chi connectivity index (χ0v) is 4.22. The predicted octanol–water partition coefficient (Wildman–Crippen LogP) is -0.179. The molecule has 0 saturated heterocycles. The van der Waals surface area contributed by atoms with E-state index in [0.29, 0.717) is 6.04 Å². The molecule has 3 N–H and O–H groups in total. The van der Waals surface area contributed by atoms with E-state index >= 15 is 0 Å². The van der Waals surface area contributed by atoms with Crippen molar-refractivity contribution in [1.29, 1.82) is 0 Å². The topological polar surface area (TPSA) is 38.0 Å². The zero-order chi connectivity index (χ0) is 5.11. The highest BCUT2D eigenvalue weighted by molar-refractivity contribution is 4.94. The van der Waals surface area contributed by atoms with Crippen LogP contribution in [0.3, 0.4) is 0 Å². The SMILES string of the molecule is NC[C@@H]1CC=CN1. The summed E-state index contributed by atoms with van der Waals surface area (Å²) in [6, 6.07) is 0.514.